The van der Waals surface area contributed by atoms with Crippen molar-refractivity contribution >= 4 is 27.3 Å². The molecule has 0 aliphatic carbocycles. The molecule has 1 aromatic heterocycles. The lowest BCUT2D eigenvalue weighted by molar-refractivity contribution is 0.223. The molecule has 0 fully saturated rings. The highest BCUT2D eigenvalue weighted by molar-refractivity contribution is 9.10. The molecule has 0 amide bonds. The lowest BCUT2D eigenvalue weighted by atomic mass is 10.0. The molecule has 0 bridgehead atoms. The molecule has 1 aromatic carbocycles. The summed E-state index contributed by atoms with van der Waals surface area (Å²) in [5, 5.41) is 12.3. The average molecular weight is 297 g/mol. The molecule has 1 atom stereocenters. The molecule has 1 nitrogen and oxygen atoms in total. The molecule has 0 saturated heterocycles. The second-order valence-electron chi connectivity index (χ2n) is 3.93. The van der Waals surface area contributed by atoms with Gasteiger partial charge in [-0.05, 0) is 54.1 Å². The molecule has 1 N–H and O–H groups in total. The Morgan fingerprint density at radius 1 is 1.25 bits per heavy atom. The van der Waals surface area contributed by atoms with Crippen LogP contribution in [0.3, 0.4) is 0 Å². The monoisotopic (exact) mass is 296 g/mol. The van der Waals surface area contributed by atoms with Crippen molar-refractivity contribution in [2.45, 2.75) is 20.0 Å². The van der Waals surface area contributed by atoms with Gasteiger partial charge in [-0.15, -0.1) is 11.3 Å². The summed E-state index contributed by atoms with van der Waals surface area (Å²) in [7, 11) is 0. The lowest BCUT2D eigenvalue weighted by Gasteiger charge is -2.12. The lowest BCUT2D eigenvalue weighted by Crippen LogP contribution is -1.99. The average Bonchev–Trinajstić information content (AvgIpc) is 2.62. The van der Waals surface area contributed by atoms with Crippen LogP contribution in [-0.2, 0) is 0 Å². The maximum Gasteiger partial charge on any atom is 0.113 e. The third-order valence-electron chi connectivity index (χ3n) is 2.53. The molecule has 2 rings (SSSR count). The number of halogens is 1. The van der Waals surface area contributed by atoms with Crippen LogP contribution in [0.4, 0.5) is 0 Å². The van der Waals surface area contributed by atoms with E-state index in [-0.39, 0.29) is 0 Å². The molecule has 16 heavy (non-hydrogen) atoms. The first kappa shape index (κ1) is 11.8. The standard InChI is InChI=1S/C13H13BrOS/c1-8-5-10(7-11(14)6-8)12(15)13-9(2)3-4-16-13/h3-7,12,15H,1-2H3. The summed E-state index contributed by atoms with van der Waals surface area (Å²) in [5.41, 5.74) is 3.24. The molecule has 84 valence electrons. The van der Waals surface area contributed by atoms with Crippen molar-refractivity contribution < 1.29 is 5.11 Å². The molecule has 2 aromatic rings. The van der Waals surface area contributed by atoms with Gasteiger partial charge in [-0.1, -0.05) is 22.0 Å². The van der Waals surface area contributed by atoms with Crippen LogP contribution in [-0.4, -0.2) is 5.11 Å². The van der Waals surface area contributed by atoms with E-state index in [2.05, 4.69) is 15.9 Å². The quantitative estimate of drug-likeness (QED) is 0.880. The van der Waals surface area contributed by atoms with Crippen molar-refractivity contribution in [3.8, 4) is 0 Å². The van der Waals surface area contributed by atoms with Gasteiger partial charge in [0.05, 0.1) is 0 Å². The molecule has 0 aliphatic heterocycles. The Bertz CT molecular complexity index is 484. The molecule has 3 heteroatoms. The van der Waals surface area contributed by atoms with Crippen LogP contribution in [0.5, 0.6) is 0 Å². The molecule has 0 spiro atoms. The number of hydrogen-bond acceptors (Lipinski definition) is 2. The normalized spacial score (nSPS) is 12.8. The molecule has 1 heterocycles. The first-order valence-electron chi connectivity index (χ1n) is 5.07. The summed E-state index contributed by atoms with van der Waals surface area (Å²) < 4.78 is 1.01. The molecule has 0 aliphatic rings. The Hall–Kier alpha value is -0.640. The summed E-state index contributed by atoms with van der Waals surface area (Å²) in [6.45, 7) is 4.06. The van der Waals surface area contributed by atoms with Gasteiger partial charge in [0.25, 0.3) is 0 Å². The van der Waals surface area contributed by atoms with Crippen LogP contribution in [0.15, 0.2) is 34.1 Å². The fourth-order valence-electron chi connectivity index (χ4n) is 1.74. The molecule has 0 saturated carbocycles. The van der Waals surface area contributed by atoms with Crippen LogP contribution in [0.25, 0.3) is 0 Å². The van der Waals surface area contributed by atoms with E-state index < -0.39 is 6.10 Å². The number of aliphatic hydroxyl groups excluding tert-OH is 1. The van der Waals surface area contributed by atoms with Gasteiger partial charge in [-0.3, -0.25) is 0 Å². The summed E-state index contributed by atoms with van der Waals surface area (Å²) in [6.07, 6.45) is -0.517. The van der Waals surface area contributed by atoms with Gasteiger partial charge in [-0.2, -0.15) is 0 Å². The van der Waals surface area contributed by atoms with E-state index in [0.717, 1.165) is 26.0 Å². The predicted octanol–water partition coefficient (Wildman–Crippen LogP) is 4.21. The van der Waals surface area contributed by atoms with Crippen molar-refractivity contribution in [1.29, 1.82) is 0 Å². The molecule has 1 unspecified atom stereocenters. The Morgan fingerprint density at radius 3 is 2.56 bits per heavy atom. The van der Waals surface area contributed by atoms with Crippen molar-refractivity contribution in [2.75, 3.05) is 0 Å². The summed E-state index contributed by atoms with van der Waals surface area (Å²) in [5.74, 6) is 0. The second-order valence-corrected chi connectivity index (χ2v) is 5.80. The smallest absolute Gasteiger partial charge is 0.113 e. The minimum Gasteiger partial charge on any atom is -0.383 e. The van der Waals surface area contributed by atoms with Gasteiger partial charge < -0.3 is 5.11 Å². The maximum absolute atomic E-state index is 10.3. The minimum atomic E-state index is -0.517. The maximum atomic E-state index is 10.3. The van der Waals surface area contributed by atoms with E-state index in [4.69, 9.17) is 0 Å². The van der Waals surface area contributed by atoms with E-state index in [0.29, 0.717) is 0 Å². The fraction of sp³-hybridized carbons (Fsp3) is 0.231. The van der Waals surface area contributed by atoms with E-state index in [1.165, 1.54) is 0 Å². The number of thiophene rings is 1. The van der Waals surface area contributed by atoms with Gasteiger partial charge in [0.15, 0.2) is 0 Å². The van der Waals surface area contributed by atoms with Gasteiger partial charge in [0, 0.05) is 9.35 Å². The van der Waals surface area contributed by atoms with Crippen molar-refractivity contribution in [2.24, 2.45) is 0 Å². The summed E-state index contributed by atoms with van der Waals surface area (Å²) in [4.78, 5) is 1.03. The zero-order valence-electron chi connectivity index (χ0n) is 9.20. The highest BCUT2D eigenvalue weighted by atomic mass is 79.9. The third kappa shape index (κ3) is 2.37. The topological polar surface area (TPSA) is 20.2 Å². The predicted molar refractivity (Wildman–Crippen MR) is 72.0 cm³/mol. The van der Waals surface area contributed by atoms with Crippen molar-refractivity contribution in [3.05, 3.63) is 55.7 Å². The SMILES string of the molecule is Cc1cc(Br)cc(C(O)c2sccc2C)c1. The highest BCUT2D eigenvalue weighted by Gasteiger charge is 2.14. The Balaban J connectivity index is 2.41. The van der Waals surface area contributed by atoms with Gasteiger partial charge in [0.2, 0.25) is 0 Å². The molecule has 0 radical (unpaired) electrons. The van der Waals surface area contributed by atoms with Crippen LogP contribution < -0.4 is 0 Å². The van der Waals surface area contributed by atoms with Crippen LogP contribution >= 0.6 is 27.3 Å². The number of aryl methyl sites for hydroxylation is 2. The van der Waals surface area contributed by atoms with Crippen LogP contribution in [0.1, 0.15) is 27.7 Å². The summed E-state index contributed by atoms with van der Waals surface area (Å²) >= 11 is 5.05. The Labute approximate surface area is 108 Å². The first-order valence-corrected chi connectivity index (χ1v) is 6.74. The van der Waals surface area contributed by atoms with E-state index in [9.17, 15) is 5.11 Å². The number of benzene rings is 1. The van der Waals surface area contributed by atoms with Crippen LogP contribution in [0, 0.1) is 13.8 Å². The summed E-state index contributed by atoms with van der Waals surface area (Å²) in [6, 6.07) is 8.07. The zero-order valence-corrected chi connectivity index (χ0v) is 11.6. The van der Waals surface area contributed by atoms with Gasteiger partial charge in [0.1, 0.15) is 6.10 Å². The molecular weight excluding hydrogens is 284 g/mol. The third-order valence-corrected chi connectivity index (χ3v) is 4.06. The number of rotatable bonds is 2. The van der Waals surface area contributed by atoms with Gasteiger partial charge >= 0.3 is 0 Å². The Morgan fingerprint density at radius 2 is 2.00 bits per heavy atom. The molecular formula is C13H13BrOS. The van der Waals surface area contributed by atoms with Gasteiger partial charge in [-0.25, -0.2) is 0 Å². The largest absolute Gasteiger partial charge is 0.383 e. The van der Waals surface area contributed by atoms with Crippen molar-refractivity contribution in [3.63, 3.8) is 0 Å². The minimum absolute atomic E-state index is 0.517. The van der Waals surface area contributed by atoms with E-state index in [1.807, 2.05) is 43.5 Å². The Kier molecular flexibility index (Phi) is 3.47. The highest BCUT2D eigenvalue weighted by Crippen LogP contribution is 2.31. The zero-order chi connectivity index (χ0) is 11.7. The van der Waals surface area contributed by atoms with Crippen LogP contribution in [0.2, 0.25) is 0 Å². The second kappa shape index (κ2) is 4.70. The van der Waals surface area contributed by atoms with E-state index in [1.54, 1.807) is 11.3 Å². The van der Waals surface area contributed by atoms with E-state index >= 15 is 0 Å². The fourth-order valence-corrected chi connectivity index (χ4v) is 3.30. The van der Waals surface area contributed by atoms with Crippen molar-refractivity contribution in [1.82, 2.24) is 0 Å². The number of aliphatic hydroxyl groups is 1. The number of hydrogen-bond donors (Lipinski definition) is 1. The first-order chi connectivity index (χ1) is 7.58.